The molecule has 0 bridgehead atoms. The lowest BCUT2D eigenvalue weighted by molar-refractivity contribution is -0.144. The highest BCUT2D eigenvalue weighted by Crippen LogP contribution is 2.39. The van der Waals surface area contributed by atoms with Crippen LogP contribution in [0.4, 0.5) is 0 Å². The number of aryl methyl sites for hydroxylation is 1. The van der Waals surface area contributed by atoms with E-state index in [2.05, 4.69) is 57.0 Å². The number of carboxylic acids is 1. The Labute approximate surface area is 215 Å². The van der Waals surface area contributed by atoms with Crippen LogP contribution in [0.3, 0.4) is 0 Å². The van der Waals surface area contributed by atoms with Crippen molar-refractivity contribution in [2.75, 3.05) is 32.7 Å². The number of benzene rings is 1. The number of carbonyl (C=O) groups is 1. The van der Waals surface area contributed by atoms with E-state index in [9.17, 15) is 9.90 Å². The number of likely N-dealkylation sites (tertiary alicyclic amines) is 2. The second-order valence-electron chi connectivity index (χ2n) is 11.4. The third kappa shape index (κ3) is 6.55. The summed E-state index contributed by atoms with van der Waals surface area (Å²) < 4.78 is 0. The molecule has 3 atom stereocenters. The minimum absolute atomic E-state index is 0.304. The molecule has 3 fully saturated rings. The van der Waals surface area contributed by atoms with Gasteiger partial charge in [-0.15, -0.1) is 0 Å². The van der Waals surface area contributed by atoms with E-state index in [-0.39, 0.29) is 6.04 Å². The number of thiophene rings is 1. The van der Waals surface area contributed by atoms with E-state index in [1.807, 2.05) is 0 Å². The van der Waals surface area contributed by atoms with Crippen LogP contribution < -0.4 is 0 Å². The van der Waals surface area contributed by atoms with Gasteiger partial charge in [-0.25, -0.2) is 0 Å². The fourth-order valence-electron chi connectivity index (χ4n) is 6.69. The van der Waals surface area contributed by atoms with Crippen molar-refractivity contribution < 1.29 is 9.90 Å². The zero-order valence-corrected chi connectivity index (χ0v) is 21.9. The molecular formula is C30H42N2O2S. The molecule has 1 aliphatic carbocycles. The highest BCUT2D eigenvalue weighted by Gasteiger charge is 2.41. The average Bonchev–Trinajstić information content (AvgIpc) is 3.50. The molecule has 1 saturated carbocycles. The minimum atomic E-state index is -0.613. The number of aliphatic carboxylic acids is 1. The summed E-state index contributed by atoms with van der Waals surface area (Å²) in [6, 6.07) is 12.9. The van der Waals surface area contributed by atoms with Crippen LogP contribution in [0.2, 0.25) is 0 Å². The van der Waals surface area contributed by atoms with Crippen molar-refractivity contribution in [3.63, 3.8) is 0 Å². The molecule has 1 aromatic carbocycles. The molecule has 5 rings (SSSR count). The Hall–Kier alpha value is -1.69. The zero-order chi connectivity index (χ0) is 24.0. The fraction of sp³-hybridized carbons (Fsp3) is 0.633. The number of nitrogens with zero attached hydrogens (tertiary/aromatic N) is 2. The van der Waals surface area contributed by atoms with E-state index in [0.29, 0.717) is 17.8 Å². The van der Waals surface area contributed by atoms with Crippen molar-refractivity contribution in [2.45, 2.75) is 69.7 Å². The van der Waals surface area contributed by atoms with E-state index in [1.165, 1.54) is 75.6 Å². The van der Waals surface area contributed by atoms with Gasteiger partial charge in [0.1, 0.15) is 6.04 Å². The highest BCUT2D eigenvalue weighted by atomic mass is 32.1. The van der Waals surface area contributed by atoms with Gasteiger partial charge in [0.05, 0.1) is 0 Å². The van der Waals surface area contributed by atoms with Gasteiger partial charge in [0.2, 0.25) is 0 Å². The van der Waals surface area contributed by atoms with Crippen LogP contribution in [0.25, 0.3) is 0 Å². The third-order valence-electron chi connectivity index (χ3n) is 9.07. The first-order chi connectivity index (χ1) is 17.2. The van der Waals surface area contributed by atoms with Gasteiger partial charge in [-0.1, -0.05) is 56.0 Å². The molecule has 1 N–H and O–H groups in total. The Morgan fingerprint density at radius 3 is 2.49 bits per heavy atom. The van der Waals surface area contributed by atoms with E-state index in [1.54, 1.807) is 11.3 Å². The zero-order valence-electron chi connectivity index (χ0n) is 21.1. The second-order valence-corrected chi connectivity index (χ2v) is 12.2. The van der Waals surface area contributed by atoms with Gasteiger partial charge in [0.25, 0.3) is 0 Å². The van der Waals surface area contributed by atoms with E-state index < -0.39 is 5.97 Å². The maximum Gasteiger partial charge on any atom is 0.320 e. The number of hydrogen-bond donors (Lipinski definition) is 1. The quantitative estimate of drug-likeness (QED) is 0.407. The molecule has 35 heavy (non-hydrogen) atoms. The van der Waals surface area contributed by atoms with Gasteiger partial charge in [-0.3, -0.25) is 9.69 Å². The maximum atomic E-state index is 12.2. The molecule has 2 unspecified atom stereocenters. The average molecular weight is 495 g/mol. The summed E-state index contributed by atoms with van der Waals surface area (Å²) in [5.74, 6) is 1.87. The molecule has 3 aliphatic rings. The lowest BCUT2D eigenvalue weighted by Gasteiger charge is -2.35. The van der Waals surface area contributed by atoms with Gasteiger partial charge >= 0.3 is 5.97 Å². The smallest absolute Gasteiger partial charge is 0.320 e. The lowest BCUT2D eigenvalue weighted by atomic mass is 9.80. The molecule has 4 nitrogen and oxygen atoms in total. The van der Waals surface area contributed by atoms with Crippen LogP contribution in [-0.2, 0) is 11.2 Å². The first kappa shape index (κ1) is 25.0. The molecule has 0 amide bonds. The Kier molecular flexibility index (Phi) is 8.59. The van der Waals surface area contributed by atoms with Crippen molar-refractivity contribution in [1.82, 2.24) is 9.80 Å². The van der Waals surface area contributed by atoms with Crippen LogP contribution in [0, 0.1) is 17.8 Å². The number of piperidine rings is 1. The van der Waals surface area contributed by atoms with Crippen LogP contribution in [0.1, 0.15) is 68.4 Å². The normalized spacial score (nSPS) is 25.5. The highest BCUT2D eigenvalue weighted by molar-refractivity contribution is 7.08. The van der Waals surface area contributed by atoms with Crippen LogP contribution in [-0.4, -0.2) is 59.6 Å². The van der Waals surface area contributed by atoms with Crippen molar-refractivity contribution in [1.29, 1.82) is 0 Å². The topological polar surface area (TPSA) is 43.8 Å². The van der Waals surface area contributed by atoms with Crippen molar-refractivity contribution in [3.05, 3.63) is 58.3 Å². The molecular weight excluding hydrogens is 452 g/mol. The van der Waals surface area contributed by atoms with E-state index >= 15 is 0 Å². The van der Waals surface area contributed by atoms with E-state index in [4.69, 9.17) is 0 Å². The largest absolute Gasteiger partial charge is 0.480 e. The lowest BCUT2D eigenvalue weighted by Crippen LogP contribution is -2.43. The van der Waals surface area contributed by atoms with E-state index in [0.717, 1.165) is 32.0 Å². The van der Waals surface area contributed by atoms with Crippen molar-refractivity contribution in [2.24, 2.45) is 17.8 Å². The molecule has 2 saturated heterocycles. The Morgan fingerprint density at radius 1 is 1.03 bits per heavy atom. The molecule has 2 aliphatic heterocycles. The maximum absolute atomic E-state index is 12.2. The summed E-state index contributed by atoms with van der Waals surface area (Å²) in [7, 11) is 0. The Balaban J connectivity index is 1.13. The van der Waals surface area contributed by atoms with Crippen molar-refractivity contribution >= 4 is 17.3 Å². The molecule has 5 heteroatoms. The standard InChI is InChI=1S/C30H42N2O2S/c33-30(34)29(18-25-10-5-11-25)32-20-27(28(21-32)26-14-17-35-22-26)19-31-15-12-24(13-16-31)9-4-8-23-6-2-1-3-7-23/h1-3,6-7,14,17,22,24-25,27-29H,4-5,8-13,15-16,18-21H2,(H,33,34)/t27?,28?,29-/m1/s1. The monoisotopic (exact) mass is 494 g/mol. The summed E-state index contributed by atoms with van der Waals surface area (Å²) in [6.45, 7) is 5.35. The third-order valence-corrected chi connectivity index (χ3v) is 9.77. The molecule has 190 valence electrons. The Bertz CT molecular complexity index is 906. The van der Waals surface area contributed by atoms with Gasteiger partial charge in [0.15, 0.2) is 0 Å². The summed E-state index contributed by atoms with van der Waals surface area (Å²) in [5.41, 5.74) is 2.89. The van der Waals surface area contributed by atoms with Gasteiger partial charge < -0.3 is 10.0 Å². The first-order valence-corrected chi connectivity index (χ1v) is 14.8. The molecule has 0 spiro atoms. The predicted molar refractivity (Wildman–Crippen MR) is 144 cm³/mol. The fourth-order valence-corrected chi connectivity index (χ4v) is 7.41. The first-order valence-electron chi connectivity index (χ1n) is 13.9. The molecule has 1 aromatic heterocycles. The second kappa shape index (κ2) is 12.0. The van der Waals surface area contributed by atoms with Gasteiger partial charge in [0, 0.05) is 25.6 Å². The number of carboxylic acid groups (broad SMARTS) is 1. The summed E-state index contributed by atoms with van der Waals surface area (Å²) in [4.78, 5) is 17.2. The van der Waals surface area contributed by atoms with Crippen LogP contribution in [0.5, 0.6) is 0 Å². The summed E-state index contributed by atoms with van der Waals surface area (Å²) in [5, 5.41) is 14.5. The Morgan fingerprint density at radius 2 is 1.83 bits per heavy atom. The van der Waals surface area contributed by atoms with Gasteiger partial charge in [-0.2, -0.15) is 11.3 Å². The summed E-state index contributed by atoms with van der Waals surface area (Å²) in [6.07, 6.45) is 11.0. The van der Waals surface area contributed by atoms with Crippen LogP contribution >= 0.6 is 11.3 Å². The number of rotatable bonds is 11. The molecule has 2 aromatic rings. The molecule has 0 radical (unpaired) electrons. The SMILES string of the molecule is O=C(O)[C@@H](CC1CCC1)N1CC(CN2CCC(CCCc3ccccc3)CC2)C(c2ccsc2)C1. The summed E-state index contributed by atoms with van der Waals surface area (Å²) >= 11 is 1.77. The number of hydrogen-bond acceptors (Lipinski definition) is 4. The van der Waals surface area contributed by atoms with Crippen LogP contribution in [0.15, 0.2) is 47.2 Å². The van der Waals surface area contributed by atoms with Gasteiger partial charge in [-0.05, 0) is 90.9 Å². The predicted octanol–water partition coefficient (Wildman–Crippen LogP) is 6.14. The minimum Gasteiger partial charge on any atom is -0.480 e. The molecule has 3 heterocycles. The van der Waals surface area contributed by atoms with Crippen molar-refractivity contribution in [3.8, 4) is 0 Å².